The third-order valence-corrected chi connectivity index (χ3v) is 3.21. The molecule has 2 aromatic rings. The van der Waals surface area contributed by atoms with Gasteiger partial charge in [0.05, 0.1) is 12.6 Å². The van der Waals surface area contributed by atoms with E-state index in [0.29, 0.717) is 6.61 Å². The molecule has 2 rings (SSSR count). The second-order valence-corrected chi connectivity index (χ2v) is 4.42. The fourth-order valence-corrected chi connectivity index (χ4v) is 2.26. The van der Waals surface area contributed by atoms with E-state index in [-0.39, 0.29) is 6.04 Å². The van der Waals surface area contributed by atoms with Gasteiger partial charge in [-0.1, -0.05) is 18.2 Å². The smallest absolute Gasteiger partial charge is 0.124 e. The summed E-state index contributed by atoms with van der Waals surface area (Å²) in [6.45, 7) is 4.77. The standard InChI is InChI=1S/C16H20N2O/c1-4-19-15-8-6-5-7-13(15)16(17-3)14-11-18-10-9-12(14)2/h5-11,16-17H,4H2,1-3H3. The number of para-hydroxylation sites is 1. The molecule has 0 saturated heterocycles. The summed E-state index contributed by atoms with van der Waals surface area (Å²) in [6.07, 6.45) is 3.74. The van der Waals surface area contributed by atoms with Crippen molar-refractivity contribution < 1.29 is 4.74 Å². The summed E-state index contributed by atoms with van der Waals surface area (Å²) in [5, 5.41) is 3.35. The van der Waals surface area contributed by atoms with Gasteiger partial charge in [0.2, 0.25) is 0 Å². The number of nitrogens with one attached hydrogen (secondary N) is 1. The molecule has 3 heteroatoms. The molecule has 0 bridgehead atoms. The number of benzene rings is 1. The number of hydrogen-bond acceptors (Lipinski definition) is 3. The summed E-state index contributed by atoms with van der Waals surface area (Å²) in [5.41, 5.74) is 3.54. The molecule has 0 aliphatic heterocycles. The van der Waals surface area contributed by atoms with E-state index in [1.54, 1.807) is 0 Å². The maximum atomic E-state index is 5.72. The van der Waals surface area contributed by atoms with Crippen LogP contribution >= 0.6 is 0 Å². The summed E-state index contributed by atoms with van der Waals surface area (Å²) >= 11 is 0. The monoisotopic (exact) mass is 256 g/mol. The highest BCUT2D eigenvalue weighted by atomic mass is 16.5. The zero-order valence-electron chi connectivity index (χ0n) is 11.7. The third kappa shape index (κ3) is 2.93. The van der Waals surface area contributed by atoms with E-state index in [0.717, 1.165) is 11.3 Å². The van der Waals surface area contributed by atoms with E-state index in [1.807, 2.05) is 50.6 Å². The van der Waals surface area contributed by atoms with Crippen molar-refractivity contribution in [2.45, 2.75) is 19.9 Å². The molecule has 0 amide bonds. The van der Waals surface area contributed by atoms with Crippen LogP contribution in [0.15, 0.2) is 42.7 Å². The Labute approximate surface area is 114 Å². The molecular formula is C16H20N2O. The highest BCUT2D eigenvalue weighted by molar-refractivity contribution is 5.42. The maximum absolute atomic E-state index is 5.72. The van der Waals surface area contributed by atoms with Crippen LogP contribution in [0.5, 0.6) is 5.75 Å². The van der Waals surface area contributed by atoms with Crippen molar-refractivity contribution in [2.24, 2.45) is 0 Å². The van der Waals surface area contributed by atoms with Gasteiger partial charge >= 0.3 is 0 Å². The average Bonchev–Trinajstić information content (AvgIpc) is 2.44. The molecule has 100 valence electrons. The van der Waals surface area contributed by atoms with Crippen molar-refractivity contribution in [1.82, 2.24) is 10.3 Å². The van der Waals surface area contributed by atoms with Gasteiger partial charge in [0, 0.05) is 18.0 Å². The summed E-state index contributed by atoms with van der Waals surface area (Å²) in [5.74, 6) is 0.924. The highest BCUT2D eigenvalue weighted by Crippen LogP contribution is 2.30. The summed E-state index contributed by atoms with van der Waals surface area (Å²) in [7, 11) is 1.96. The first-order chi connectivity index (χ1) is 9.27. The van der Waals surface area contributed by atoms with Crippen LogP contribution in [0.1, 0.15) is 29.7 Å². The van der Waals surface area contributed by atoms with E-state index in [1.165, 1.54) is 11.1 Å². The molecule has 0 spiro atoms. The molecule has 0 aliphatic carbocycles. The van der Waals surface area contributed by atoms with Gasteiger partial charge in [-0.15, -0.1) is 0 Å². The van der Waals surface area contributed by atoms with Gasteiger partial charge in [-0.2, -0.15) is 0 Å². The summed E-state index contributed by atoms with van der Waals surface area (Å²) in [4.78, 5) is 4.23. The summed E-state index contributed by atoms with van der Waals surface area (Å²) in [6, 6.07) is 10.3. The molecule has 1 unspecified atom stereocenters. The number of hydrogen-bond donors (Lipinski definition) is 1. The summed E-state index contributed by atoms with van der Waals surface area (Å²) < 4.78 is 5.72. The van der Waals surface area contributed by atoms with Crippen molar-refractivity contribution in [3.63, 3.8) is 0 Å². The zero-order valence-corrected chi connectivity index (χ0v) is 11.7. The molecule has 1 atom stereocenters. The average molecular weight is 256 g/mol. The lowest BCUT2D eigenvalue weighted by Gasteiger charge is -2.21. The number of aromatic nitrogens is 1. The van der Waals surface area contributed by atoms with Crippen LogP contribution in [0.25, 0.3) is 0 Å². The van der Waals surface area contributed by atoms with Crippen LogP contribution in [-0.2, 0) is 0 Å². The third-order valence-electron chi connectivity index (χ3n) is 3.21. The molecule has 19 heavy (non-hydrogen) atoms. The molecule has 1 heterocycles. The number of pyridine rings is 1. The van der Waals surface area contributed by atoms with Crippen LogP contribution in [0.2, 0.25) is 0 Å². The fourth-order valence-electron chi connectivity index (χ4n) is 2.26. The molecule has 1 aromatic heterocycles. The molecule has 0 radical (unpaired) electrons. The van der Waals surface area contributed by atoms with Crippen LogP contribution in [0.4, 0.5) is 0 Å². The number of nitrogens with zero attached hydrogens (tertiary/aromatic N) is 1. The van der Waals surface area contributed by atoms with E-state index < -0.39 is 0 Å². The van der Waals surface area contributed by atoms with Crippen molar-refractivity contribution >= 4 is 0 Å². The van der Waals surface area contributed by atoms with Crippen LogP contribution in [-0.4, -0.2) is 18.6 Å². The van der Waals surface area contributed by atoms with Crippen molar-refractivity contribution in [2.75, 3.05) is 13.7 Å². The second-order valence-electron chi connectivity index (χ2n) is 4.42. The molecule has 1 N–H and O–H groups in total. The van der Waals surface area contributed by atoms with Gasteiger partial charge in [-0.05, 0) is 44.2 Å². The number of rotatable bonds is 5. The first-order valence-corrected chi connectivity index (χ1v) is 6.57. The van der Waals surface area contributed by atoms with Crippen molar-refractivity contribution in [1.29, 1.82) is 0 Å². The first-order valence-electron chi connectivity index (χ1n) is 6.57. The fraction of sp³-hybridized carbons (Fsp3) is 0.312. The van der Waals surface area contributed by atoms with E-state index in [2.05, 4.69) is 23.3 Å². The van der Waals surface area contributed by atoms with Gasteiger partial charge in [0.15, 0.2) is 0 Å². The lowest BCUT2D eigenvalue weighted by atomic mass is 9.96. The number of aryl methyl sites for hydroxylation is 1. The van der Waals surface area contributed by atoms with Gasteiger partial charge < -0.3 is 10.1 Å². The van der Waals surface area contributed by atoms with Crippen LogP contribution < -0.4 is 10.1 Å². The van der Waals surface area contributed by atoms with Gasteiger partial charge in [0.25, 0.3) is 0 Å². The maximum Gasteiger partial charge on any atom is 0.124 e. The molecule has 0 saturated carbocycles. The molecule has 0 fully saturated rings. The zero-order chi connectivity index (χ0) is 13.7. The Balaban J connectivity index is 2.45. The molecule has 1 aromatic carbocycles. The first kappa shape index (κ1) is 13.6. The Morgan fingerprint density at radius 1 is 1.21 bits per heavy atom. The van der Waals surface area contributed by atoms with E-state index in [4.69, 9.17) is 4.74 Å². The molecule has 0 aliphatic rings. The predicted molar refractivity (Wildman–Crippen MR) is 77.5 cm³/mol. The van der Waals surface area contributed by atoms with E-state index >= 15 is 0 Å². The van der Waals surface area contributed by atoms with Gasteiger partial charge in [-0.3, -0.25) is 4.98 Å². The predicted octanol–water partition coefficient (Wildman–Crippen LogP) is 3.10. The minimum Gasteiger partial charge on any atom is -0.494 e. The Kier molecular flexibility index (Phi) is 4.53. The number of ether oxygens (including phenoxy) is 1. The quantitative estimate of drug-likeness (QED) is 0.892. The van der Waals surface area contributed by atoms with Crippen LogP contribution in [0, 0.1) is 6.92 Å². The minimum absolute atomic E-state index is 0.0939. The molecule has 3 nitrogen and oxygen atoms in total. The van der Waals surface area contributed by atoms with Crippen molar-refractivity contribution in [3.8, 4) is 5.75 Å². The van der Waals surface area contributed by atoms with E-state index in [9.17, 15) is 0 Å². The highest BCUT2D eigenvalue weighted by Gasteiger charge is 2.18. The molecular weight excluding hydrogens is 236 g/mol. The lowest BCUT2D eigenvalue weighted by Crippen LogP contribution is -2.19. The SMILES string of the molecule is CCOc1ccccc1C(NC)c1cnccc1C. The topological polar surface area (TPSA) is 34.1 Å². The Hall–Kier alpha value is -1.87. The Bertz CT molecular complexity index is 540. The Morgan fingerprint density at radius 3 is 2.68 bits per heavy atom. The lowest BCUT2D eigenvalue weighted by molar-refractivity contribution is 0.334. The Morgan fingerprint density at radius 2 is 2.00 bits per heavy atom. The largest absolute Gasteiger partial charge is 0.494 e. The van der Waals surface area contributed by atoms with Crippen LogP contribution in [0.3, 0.4) is 0 Å². The van der Waals surface area contributed by atoms with Gasteiger partial charge in [-0.25, -0.2) is 0 Å². The normalized spacial score (nSPS) is 12.2. The second kappa shape index (κ2) is 6.34. The minimum atomic E-state index is 0.0939. The van der Waals surface area contributed by atoms with Crippen molar-refractivity contribution in [3.05, 3.63) is 59.4 Å². The van der Waals surface area contributed by atoms with Gasteiger partial charge in [0.1, 0.15) is 5.75 Å².